The number of thiophene rings is 1. The molecule has 0 saturated heterocycles. The van der Waals surface area contributed by atoms with Gasteiger partial charge in [0.15, 0.2) is 0 Å². The third-order valence-electron chi connectivity index (χ3n) is 6.30. The van der Waals surface area contributed by atoms with Gasteiger partial charge in [0.05, 0.1) is 19.0 Å². The number of carbonyl (C=O) groups is 1. The first-order valence-electron chi connectivity index (χ1n) is 11.7. The number of aryl methyl sites for hydroxylation is 1. The summed E-state index contributed by atoms with van der Waals surface area (Å²) in [6.07, 6.45) is 4.91. The number of methoxy groups -OCH3 is 1. The van der Waals surface area contributed by atoms with Gasteiger partial charge in [-0.15, -0.1) is 11.3 Å². The number of nitrogens with zero attached hydrogens (tertiary/aromatic N) is 2. The number of nitrogens with one attached hydrogen (secondary N) is 1. The highest BCUT2D eigenvalue weighted by Gasteiger charge is 2.26. The molecule has 1 aliphatic carbocycles. The highest BCUT2D eigenvalue weighted by atomic mass is 32.1. The molecule has 1 atom stereocenters. The molecule has 2 aromatic heterocycles. The van der Waals surface area contributed by atoms with Crippen molar-refractivity contribution in [3.05, 3.63) is 57.0 Å². The predicted octanol–water partition coefficient (Wildman–Crippen LogP) is 3.65. The van der Waals surface area contributed by atoms with Crippen molar-refractivity contribution in [3.63, 3.8) is 0 Å². The third kappa shape index (κ3) is 5.65. The van der Waals surface area contributed by atoms with E-state index in [0.717, 1.165) is 31.4 Å². The molecule has 1 aromatic carbocycles. The van der Waals surface area contributed by atoms with E-state index in [1.54, 1.807) is 6.92 Å². The fourth-order valence-corrected chi connectivity index (χ4v) is 5.68. The Labute approximate surface area is 202 Å². The number of fused-ring (bicyclic) bond motifs is 1. The Hall–Kier alpha value is -2.75. The molecule has 1 fully saturated rings. The normalized spacial score (nSPS) is 15.5. The van der Waals surface area contributed by atoms with Crippen molar-refractivity contribution < 1.29 is 19.4 Å². The van der Waals surface area contributed by atoms with Gasteiger partial charge < -0.3 is 19.6 Å². The number of esters is 1. The van der Waals surface area contributed by atoms with Gasteiger partial charge in [-0.05, 0) is 37.5 Å². The minimum Gasteiger partial charge on any atom is -0.491 e. The molecule has 3 aromatic rings. The van der Waals surface area contributed by atoms with E-state index < -0.39 is 12.1 Å². The van der Waals surface area contributed by atoms with Crippen molar-refractivity contribution in [1.82, 2.24) is 14.9 Å². The number of carbonyl (C=O) groups excluding carboxylic acids is 1. The number of ether oxygens (including phenoxy) is 2. The van der Waals surface area contributed by atoms with E-state index in [-0.39, 0.29) is 12.2 Å². The molecule has 0 spiro atoms. The molecule has 9 heteroatoms. The summed E-state index contributed by atoms with van der Waals surface area (Å²) in [4.78, 5) is 35.6. The molecule has 0 bridgehead atoms. The van der Waals surface area contributed by atoms with Crippen LogP contribution in [-0.2, 0) is 11.3 Å². The zero-order chi connectivity index (χ0) is 24.1. The second-order valence-electron chi connectivity index (χ2n) is 8.74. The zero-order valence-corrected chi connectivity index (χ0v) is 20.4. The number of aliphatic hydroxyl groups excluding tert-OH is 1. The average molecular weight is 486 g/mol. The van der Waals surface area contributed by atoms with E-state index >= 15 is 0 Å². The van der Waals surface area contributed by atoms with Crippen molar-refractivity contribution in [2.24, 2.45) is 0 Å². The van der Waals surface area contributed by atoms with Crippen LogP contribution in [0.15, 0.2) is 35.1 Å². The van der Waals surface area contributed by atoms with Gasteiger partial charge in [0.1, 0.15) is 34.0 Å². The number of rotatable bonds is 9. The molecule has 2 heterocycles. The maximum absolute atomic E-state index is 12.9. The molecule has 4 rings (SSSR count). The third-order valence-corrected chi connectivity index (χ3v) is 7.46. The molecule has 0 aliphatic heterocycles. The monoisotopic (exact) mass is 485 g/mol. The second kappa shape index (κ2) is 11.1. The fraction of sp³-hybridized carbons (Fsp3) is 0.480. The topological polar surface area (TPSA) is 105 Å². The van der Waals surface area contributed by atoms with E-state index in [4.69, 9.17) is 9.47 Å². The first kappa shape index (κ1) is 24.4. The zero-order valence-electron chi connectivity index (χ0n) is 19.6. The van der Waals surface area contributed by atoms with Crippen LogP contribution in [0.2, 0.25) is 0 Å². The Morgan fingerprint density at radius 3 is 2.71 bits per heavy atom. The van der Waals surface area contributed by atoms with Gasteiger partial charge in [0, 0.05) is 12.6 Å². The highest BCUT2D eigenvalue weighted by Crippen LogP contribution is 2.28. The van der Waals surface area contributed by atoms with Gasteiger partial charge in [-0.3, -0.25) is 9.69 Å². The number of aromatic amines is 1. The van der Waals surface area contributed by atoms with Gasteiger partial charge in [0.2, 0.25) is 0 Å². The fourth-order valence-electron chi connectivity index (χ4n) is 4.56. The lowest BCUT2D eigenvalue weighted by molar-refractivity contribution is 0.0387. The largest absolute Gasteiger partial charge is 0.491 e. The summed E-state index contributed by atoms with van der Waals surface area (Å²) < 4.78 is 10.6. The summed E-state index contributed by atoms with van der Waals surface area (Å²) in [7, 11) is 1.32. The van der Waals surface area contributed by atoms with E-state index in [1.165, 1.54) is 24.9 Å². The summed E-state index contributed by atoms with van der Waals surface area (Å²) in [5, 5.41) is 11.2. The number of aliphatic hydroxyl groups is 1. The molecule has 1 aliphatic rings. The Kier molecular flexibility index (Phi) is 7.97. The van der Waals surface area contributed by atoms with Crippen molar-refractivity contribution in [2.75, 3.05) is 20.3 Å². The van der Waals surface area contributed by atoms with Crippen LogP contribution in [0.1, 0.15) is 53.2 Å². The molecule has 2 N–H and O–H groups in total. The van der Waals surface area contributed by atoms with Gasteiger partial charge in [-0.2, -0.15) is 0 Å². The van der Waals surface area contributed by atoms with E-state index in [9.17, 15) is 14.7 Å². The number of hydrogen-bond donors (Lipinski definition) is 2. The smallest absolute Gasteiger partial charge is 0.348 e. The Balaban J connectivity index is 1.53. The number of para-hydroxylation sites is 1. The summed E-state index contributed by atoms with van der Waals surface area (Å²) in [6, 6.07) is 9.74. The van der Waals surface area contributed by atoms with Crippen molar-refractivity contribution in [3.8, 4) is 5.75 Å². The maximum Gasteiger partial charge on any atom is 0.348 e. The van der Waals surface area contributed by atoms with Crippen molar-refractivity contribution in [1.29, 1.82) is 0 Å². The number of hydrogen-bond acceptors (Lipinski definition) is 8. The lowest BCUT2D eigenvalue weighted by Gasteiger charge is -2.35. The van der Waals surface area contributed by atoms with E-state index in [2.05, 4.69) is 14.9 Å². The summed E-state index contributed by atoms with van der Waals surface area (Å²) in [6.45, 7) is 2.74. The van der Waals surface area contributed by atoms with Crippen LogP contribution >= 0.6 is 11.3 Å². The highest BCUT2D eigenvalue weighted by molar-refractivity contribution is 7.20. The molecule has 1 saturated carbocycles. The molecular formula is C25H31N3O5S. The lowest BCUT2D eigenvalue weighted by atomic mass is 9.94. The molecule has 8 nitrogen and oxygen atoms in total. The van der Waals surface area contributed by atoms with Gasteiger partial charge in [-0.1, -0.05) is 37.5 Å². The Morgan fingerprint density at radius 1 is 1.26 bits per heavy atom. The molecule has 0 radical (unpaired) electrons. The maximum atomic E-state index is 12.9. The van der Waals surface area contributed by atoms with Gasteiger partial charge in [0.25, 0.3) is 5.56 Å². The van der Waals surface area contributed by atoms with Crippen molar-refractivity contribution in [2.45, 2.75) is 57.7 Å². The van der Waals surface area contributed by atoms with Gasteiger partial charge in [-0.25, -0.2) is 9.78 Å². The van der Waals surface area contributed by atoms with E-state index in [1.807, 2.05) is 30.3 Å². The summed E-state index contributed by atoms with van der Waals surface area (Å²) in [5.41, 5.74) is 0.324. The number of aromatic nitrogens is 2. The molecule has 0 amide bonds. The van der Waals surface area contributed by atoms with Gasteiger partial charge >= 0.3 is 5.97 Å². The van der Waals surface area contributed by atoms with Crippen LogP contribution in [0, 0.1) is 6.92 Å². The minimum atomic E-state index is -0.688. The standard InChI is InChI=1S/C25H31N3O5S/c1-16-21-23(30)26-20(27-24(21)34-22(16)25(31)32-2)14-28(17-9-5-3-6-10-17)13-18(29)15-33-19-11-7-4-8-12-19/h4,7-8,11-12,17-18,29H,3,5-6,9-10,13-15H2,1-2H3,(H,26,27,30)/t18-/m1/s1. The van der Waals surface area contributed by atoms with Crippen LogP contribution in [-0.4, -0.2) is 58.4 Å². The SMILES string of the molecule is COC(=O)c1sc2nc(CN(C[C@@H](O)COc3ccccc3)C3CCCCC3)[nH]c(=O)c2c1C. The number of benzene rings is 1. The molecular weight excluding hydrogens is 454 g/mol. The molecule has 182 valence electrons. The molecule has 34 heavy (non-hydrogen) atoms. The quantitative estimate of drug-likeness (QED) is 0.446. The summed E-state index contributed by atoms with van der Waals surface area (Å²) >= 11 is 1.17. The summed E-state index contributed by atoms with van der Waals surface area (Å²) in [5.74, 6) is 0.778. The van der Waals surface area contributed by atoms with Crippen LogP contribution in [0.25, 0.3) is 10.2 Å². The Morgan fingerprint density at radius 2 is 2.00 bits per heavy atom. The van der Waals surface area contributed by atoms with Crippen LogP contribution in [0.5, 0.6) is 5.75 Å². The molecule has 0 unspecified atom stereocenters. The van der Waals surface area contributed by atoms with Crippen LogP contribution < -0.4 is 10.3 Å². The second-order valence-corrected chi connectivity index (χ2v) is 9.74. The average Bonchev–Trinajstić information content (AvgIpc) is 3.19. The van der Waals surface area contributed by atoms with Crippen LogP contribution in [0.3, 0.4) is 0 Å². The van der Waals surface area contributed by atoms with Crippen molar-refractivity contribution >= 4 is 27.5 Å². The Bertz CT molecular complexity index is 1170. The lowest BCUT2D eigenvalue weighted by Crippen LogP contribution is -2.43. The predicted molar refractivity (Wildman–Crippen MR) is 132 cm³/mol. The minimum absolute atomic E-state index is 0.183. The van der Waals surface area contributed by atoms with Crippen LogP contribution in [0.4, 0.5) is 0 Å². The first-order valence-corrected chi connectivity index (χ1v) is 12.5. The number of H-pyrrole nitrogens is 1. The first-order chi connectivity index (χ1) is 16.5. The van der Waals surface area contributed by atoms with E-state index in [0.29, 0.717) is 45.6 Å².